The molecule has 0 radical (unpaired) electrons. The molecule has 2 aromatic carbocycles. The summed E-state index contributed by atoms with van der Waals surface area (Å²) in [5.74, 6) is -0.879. The van der Waals surface area contributed by atoms with Gasteiger partial charge >= 0.3 is 0 Å². The first-order chi connectivity index (χ1) is 12.4. The molecule has 1 heterocycles. The zero-order valence-electron chi connectivity index (χ0n) is 14.3. The molecule has 0 aromatic heterocycles. The highest BCUT2D eigenvalue weighted by atomic mass is 19.1. The summed E-state index contributed by atoms with van der Waals surface area (Å²) in [6.07, 6.45) is 0. The van der Waals surface area contributed by atoms with E-state index in [-0.39, 0.29) is 11.3 Å². The summed E-state index contributed by atoms with van der Waals surface area (Å²) < 4.78 is 13.0. The van der Waals surface area contributed by atoms with Gasteiger partial charge in [-0.2, -0.15) is 0 Å². The first-order valence-electron chi connectivity index (χ1n) is 8.23. The zero-order valence-corrected chi connectivity index (χ0v) is 14.3. The van der Waals surface area contributed by atoms with Gasteiger partial charge in [0, 0.05) is 43.9 Å². The molecule has 7 nitrogen and oxygen atoms in total. The van der Waals surface area contributed by atoms with Crippen LogP contribution in [0.25, 0.3) is 0 Å². The number of benzene rings is 2. The van der Waals surface area contributed by atoms with Crippen molar-refractivity contribution in [2.45, 2.75) is 0 Å². The number of nitro groups is 1. The van der Waals surface area contributed by atoms with Crippen LogP contribution in [0.2, 0.25) is 0 Å². The highest BCUT2D eigenvalue weighted by molar-refractivity contribution is 6.06. The number of anilines is 2. The van der Waals surface area contributed by atoms with Crippen LogP contribution in [0.3, 0.4) is 0 Å². The van der Waals surface area contributed by atoms with E-state index in [4.69, 9.17) is 0 Å². The van der Waals surface area contributed by atoms with Crippen molar-refractivity contribution >= 4 is 23.0 Å². The van der Waals surface area contributed by atoms with Crippen molar-refractivity contribution < 1.29 is 14.1 Å². The van der Waals surface area contributed by atoms with Gasteiger partial charge in [0.25, 0.3) is 11.6 Å². The number of nitro benzene ring substituents is 1. The van der Waals surface area contributed by atoms with Crippen LogP contribution in [0.5, 0.6) is 0 Å². The first kappa shape index (κ1) is 17.8. The van der Waals surface area contributed by atoms with Crippen molar-refractivity contribution in [3.8, 4) is 0 Å². The number of hydrogen-bond donors (Lipinski definition) is 1. The Kier molecular flexibility index (Phi) is 5.13. The highest BCUT2D eigenvalue weighted by Gasteiger charge is 2.21. The molecule has 1 fully saturated rings. The van der Waals surface area contributed by atoms with Crippen LogP contribution in [0.1, 0.15) is 10.4 Å². The van der Waals surface area contributed by atoms with Crippen molar-refractivity contribution in [1.29, 1.82) is 0 Å². The number of non-ortho nitro benzene ring substituents is 1. The molecule has 1 saturated heterocycles. The molecule has 8 heteroatoms. The van der Waals surface area contributed by atoms with Gasteiger partial charge in [0.15, 0.2) is 0 Å². The van der Waals surface area contributed by atoms with E-state index in [0.29, 0.717) is 5.69 Å². The summed E-state index contributed by atoms with van der Waals surface area (Å²) in [6, 6.07) is 9.59. The van der Waals surface area contributed by atoms with Crippen molar-refractivity contribution in [3.63, 3.8) is 0 Å². The van der Waals surface area contributed by atoms with Gasteiger partial charge in [0.1, 0.15) is 5.82 Å². The Bertz CT molecular complexity index is 818. The Morgan fingerprint density at radius 1 is 1.12 bits per heavy atom. The minimum absolute atomic E-state index is 0.0997. The summed E-state index contributed by atoms with van der Waals surface area (Å²) in [4.78, 5) is 27.4. The van der Waals surface area contributed by atoms with Crippen LogP contribution in [0.4, 0.5) is 21.5 Å². The molecule has 0 spiro atoms. The fourth-order valence-electron chi connectivity index (χ4n) is 2.86. The summed E-state index contributed by atoms with van der Waals surface area (Å²) in [6.45, 7) is 3.24. The number of carbonyl (C=O) groups is 1. The van der Waals surface area contributed by atoms with Crippen molar-refractivity contribution in [1.82, 2.24) is 4.90 Å². The summed E-state index contributed by atoms with van der Waals surface area (Å²) in [7, 11) is 2.03. The lowest BCUT2D eigenvalue weighted by atomic mass is 10.1. The maximum Gasteiger partial charge on any atom is 0.271 e. The maximum atomic E-state index is 13.0. The molecule has 1 amide bonds. The number of nitrogens with one attached hydrogen (secondary N) is 1. The molecule has 0 unspecified atom stereocenters. The number of halogens is 1. The average molecular weight is 358 g/mol. The lowest BCUT2D eigenvalue weighted by molar-refractivity contribution is -0.384. The van der Waals surface area contributed by atoms with E-state index in [2.05, 4.69) is 15.1 Å². The number of nitrogens with zero attached hydrogens (tertiary/aromatic N) is 3. The van der Waals surface area contributed by atoms with Gasteiger partial charge < -0.3 is 15.1 Å². The molecule has 0 aliphatic carbocycles. The van der Waals surface area contributed by atoms with Gasteiger partial charge in [0.05, 0.1) is 16.3 Å². The molecular formula is C18H19FN4O3. The minimum Gasteiger partial charge on any atom is -0.367 e. The summed E-state index contributed by atoms with van der Waals surface area (Å²) in [5, 5.41) is 13.8. The Morgan fingerprint density at radius 2 is 1.77 bits per heavy atom. The molecular weight excluding hydrogens is 339 g/mol. The van der Waals surface area contributed by atoms with E-state index >= 15 is 0 Å². The minimum atomic E-state index is -0.499. The standard InChI is InChI=1S/C18H19FN4O3/c1-21-8-10-22(11-9-21)17-7-6-15(23(25)26)12-16(17)20-18(24)13-2-4-14(19)5-3-13/h2-7,12H,8-11H2,1H3,(H,20,24). The molecule has 0 bridgehead atoms. The molecule has 0 atom stereocenters. The molecule has 1 aliphatic heterocycles. The smallest absolute Gasteiger partial charge is 0.271 e. The SMILES string of the molecule is CN1CCN(c2ccc([N+](=O)[O-])cc2NC(=O)c2ccc(F)cc2)CC1. The number of amides is 1. The van der Waals surface area contributed by atoms with E-state index < -0.39 is 16.6 Å². The number of rotatable bonds is 4. The van der Waals surface area contributed by atoms with Gasteiger partial charge in [0.2, 0.25) is 0 Å². The van der Waals surface area contributed by atoms with Crippen LogP contribution in [0.15, 0.2) is 42.5 Å². The number of piperazine rings is 1. The lowest BCUT2D eigenvalue weighted by Crippen LogP contribution is -2.44. The molecule has 136 valence electrons. The largest absolute Gasteiger partial charge is 0.367 e. The summed E-state index contributed by atoms with van der Waals surface area (Å²) >= 11 is 0. The molecule has 3 rings (SSSR count). The van der Waals surface area contributed by atoms with E-state index in [1.54, 1.807) is 6.07 Å². The molecule has 2 aromatic rings. The fraction of sp³-hybridized carbons (Fsp3) is 0.278. The lowest BCUT2D eigenvalue weighted by Gasteiger charge is -2.35. The highest BCUT2D eigenvalue weighted by Crippen LogP contribution is 2.31. The third-order valence-electron chi connectivity index (χ3n) is 4.39. The fourth-order valence-corrected chi connectivity index (χ4v) is 2.86. The van der Waals surface area contributed by atoms with E-state index in [9.17, 15) is 19.3 Å². The van der Waals surface area contributed by atoms with Crippen LogP contribution < -0.4 is 10.2 Å². The average Bonchev–Trinajstić information content (AvgIpc) is 2.63. The topological polar surface area (TPSA) is 78.7 Å². The molecule has 1 N–H and O–H groups in total. The third kappa shape index (κ3) is 3.97. The van der Waals surface area contributed by atoms with Crippen LogP contribution in [-0.4, -0.2) is 49.0 Å². The second-order valence-electron chi connectivity index (χ2n) is 6.21. The van der Waals surface area contributed by atoms with Crippen molar-refractivity contribution in [3.05, 3.63) is 64.0 Å². The Labute approximate surface area is 150 Å². The van der Waals surface area contributed by atoms with Gasteiger partial charge in [-0.1, -0.05) is 0 Å². The third-order valence-corrected chi connectivity index (χ3v) is 4.39. The quantitative estimate of drug-likeness (QED) is 0.672. The van der Waals surface area contributed by atoms with Crippen molar-refractivity contribution in [2.24, 2.45) is 0 Å². The van der Waals surface area contributed by atoms with Crippen LogP contribution in [0, 0.1) is 15.9 Å². The maximum absolute atomic E-state index is 13.0. The Hall–Kier alpha value is -3.00. The predicted octanol–water partition coefficient (Wildman–Crippen LogP) is 2.74. The van der Waals surface area contributed by atoms with Crippen LogP contribution >= 0.6 is 0 Å². The van der Waals surface area contributed by atoms with Gasteiger partial charge in [-0.15, -0.1) is 0 Å². The van der Waals surface area contributed by atoms with Gasteiger partial charge in [-0.05, 0) is 37.4 Å². The van der Waals surface area contributed by atoms with Crippen LogP contribution in [-0.2, 0) is 0 Å². The summed E-state index contributed by atoms with van der Waals surface area (Å²) in [5.41, 5.74) is 1.29. The number of carbonyl (C=O) groups excluding carboxylic acids is 1. The monoisotopic (exact) mass is 358 g/mol. The van der Waals surface area contributed by atoms with Crippen molar-refractivity contribution in [2.75, 3.05) is 43.4 Å². The second-order valence-corrected chi connectivity index (χ2v) is 6.21. The van der Waals surface area contributed by atoms with Gasteiger partial charge in [-0.3, -0.25) is 14.9 Å². The van der Waals surface area contributed by atoms with Gasteiger partial charge in [-0.25, -0.2) is 4.39 Å². The second kappa shape index (κ2) is 7.49. The molecule has 26 heavy (non-hydrogen) atoms. The first-order valence-corrected chi connectivity index (χ1v) is 8.23. The van der Waals surface area contributed by atoms with E-state index in [0.717, 1.165) is 31.9 Å². The normalized spacial score (nSPS) is 14.9. The molecule has 1 aliphatic rings. The van der Waals surface area contributed by atoms with E-state index in [1.807, 2.05) is 7.05 Å². The Morgan fingerprint density at radius 3 is 2.38 bits per heavy atom. The zero-order chi connectivity index (χ0) is 18.7. The van der Waals surface area contributed by atoms with E-state index in [1.165, 1.54) is 36.4 Å². The molecule has 0 saturated carbocycles. The Balaban J connectivity index is 1.89. The predicted molar refractivity (Wildman–Crippen MR) is 97.2 cm³/mol. The number of likely N-dealkylation sites (N-methyl/N-ethyl adjacent to an activating group) is 1. The number of hydrogen-bond acceptors (Lipinski definition) is 5.